The largest absolute Gasteiger partial charge is 0.355 e. The molecule has 18 heavy (non-hydrogen) atoms. The lowest BCUT2D eigenvalue weighted by molar-refractivity contribution is -0.122. The van der Waals surface area contributed by atoms with Gasteiger partial charge in [-0.05, 0) is 20.3 Å². The van der Waals surface area contributed by atoms with Crippen LogP contribution in [0.25, 0.3) is 0 Å². The molecule has 0 radical (unpaired) electrons. The molecule has 0 aliphatic heterocycles. The van der Waals surface area contributed by atoms with E-state index in [0.717, 1.165) is 17.8 Å². The maximum absolute atomic E-state index is 11.6. The summed E-state index contributed by atoms with van der Waals surface area (Å²) in [5.41, 5.74) is 1.80. The van der Waals surface area contributed by atoms with Gasteiger partial charge in [0.15, 0.2) is 0 Å². The molecular formula is C12H21ClN4O. The van der Waals surface area contributed by atoms with E-state index in [1.807, 2.05) is 27.8 Å². The summed E-state index contributed by atoms with van der Waals surface area (Å²) in [6.07, 6.45) is 0.804. The highest BCUT2D eigenvalue weighted by atomic mass is 35.5. The average molecular weight is 273 g/mol. The van der Waals surface area contributed by atoms with Gasteiger partial charge in [-0.25, -0.2) is 0 Å². The Morgan fingerprint density at radius 1 is 1.50 bits per heavy atom. The number of hydrogen-bond acceptors (Lipinski definition) is 3. The average Bonchev–Trinajstić information content (AvgIpc) is 2.62. The summed E-state index contributed by atoms with van der Waals surface area (Å²) < 4.78 is 1.76. The number of carbonyl (C=O) groups excluding carboxylic acids is 1. The quantitative estimate of drug-likeness (QED) is 0.819. The first-order chi connectivity index (χ1) is 8.51. The van der Waals surface area contributed by atoms with Crippen LogP contribution in [0.15, 0.2) is 0 Å². The Morgan fingerprint density at radius 3 is 2.67 bits per heavy atom. The summed E-state index contributed by atoms with van der Waals surface area (Å²) in [6.45, 7) is 6.91. The van der Waals surface area contributed by atoms with Gasteiger partial charge in [-0.2, -0.15) is 5.10 Å². The molecule has 1 atom stereocenters. The van der Waals surface area contributed by atoms with Gasteiger partial charge in [0.1, 0.15) is 0 Å². The molecular weight excluding hydrogens is 252 g/mol. The number of halogens is 1. The van der Waals surface area contributed by atoms with Crippen LogP contribution in [0.3, 0.4) is 0 Å². The van der Waals surface area contributed by atoms with E-state index in [4.69, 9.17) is 11.6 Å². The van der Waals surface area contributed by atoms with Crippen LogP contribution in [-0.4, -0.2) is 28.3 Å². The maximum atomic E-state index is 11.6. The molecule has 0 saturated carbocycles. The summed E-state index contributed by atoms with van der Waals surface area (Å²) in [6, 6.07) is -0.249. The number of aryl methyl sites for hydroxylation is 2. The van der Waals surface area contributed by atoms with E-state index in [-0.39, 0.29) is 11.9 Å². The van der Waals surface area contributed by atoms with Crippen molar-refractivity contribution in [3.63, 3.8) is 0 Å². The van der Waals surface area contributed by atoms with Gasteiger partial charge >= 0.3 is 0 Å². The Labute approximate surface area is 113 Å². The topological polar surface area (TPSA) is 59.0 Å². The minimum absolute atomic E-state index is 0.00786. The molecule has 0 fully saturated rings. The molecule has 1 heterocycles. The third-order valence-corrected chi connectivity index (χ3v) is 3.26. The minimum atomic E-state index is -0.249. The molecule has 5 nitrogen and oxygen atoms in total. The van der Waals surface area contributed by atoms with E-state index in [0.29, 0.717) is 18.1 Å². The van der Waals surface area contributed by atoms with Crippen molar-refractivity contribution in [2.24, 2.45) is 7.05 Å². The summed E-state index contributed by atoms with van der Waals surface area (Å²) in [7, 11) is 1.86. The number of nitrogens with zero attached hydrogens (tertiary/aromatic N) is 2. The molecule has 6 heteroatoms. The highest BCUT2D eigenvalue weighted by molar-refractivity contribution is 6.31. The molecule has 1 aromatic heterocycles. The first-order valence-electron chi connectivity index (χ1n) is 6.22. The predicted molar refractivity (Wildman–Crippen MR) is 72.6 cm³/mol. The van der Waals surface area contributed by atoms with Gasteiger partial charge in [0, 0.05) is 20.1 Å². The lowest BCUT2D eigenvalue weighted by Gasteiger charge is -2.13. The highest BCUT2D eigenvalue weighted by Crippen LogP contribution is 2.20. The van der Waals surface area contributed by atoms with Crippen LogP contribution < -0.4 is 10.6 Å². The van der Waals surface area contributed by atoms with Crippen LogP contribution in [0.1, 0.15) is 32.2 Å². The predicted octanol–water partition coefficient (Wildman–Crippen LogP) is 1.25. The van der Waals surface area contributed by atoms with Gasteiger partial charge in [-0.1, -0.05) is 18.5 Å². The standard InChI is InChI=1S/C12H21ClN4O/c1-5-9-11(13)10(17(4)16-9)7-15-8(3)12(18)14-6-2/h8,15H,5-7H2,1-4H3,(H,14,18). The zero-order chi connectivity index (χ0) is 13.7. The zero-order valence-corrected chi connectivity index (χ0v) is 12.1. The summed E-state index contributed by atoms with van der Waals surface area (Å²) >= 11 is 6.23. The van der Waals surface area contributed by atoms with Crippen LogP contribution in [0.5, 0.6) is 0 Å². The number of hydrogen-bond donors (Lipinski definition) is 2. The number of carbonyl (C=O) groups is 1. The number of amides is 1. The van der Waals surface area contributed by atoms with E-state index in [2.05, 4.69) is 15.7 Å². The van der Waals surface area contributed by atoms with Gasteiger partial charge in [0.25, 0.3) is 0 Å². The molecule has 102 valence electrons. The fourth-order valence-corrected chi connectivity index (χ4v) is 2.04. The Morgan fingerprint density at radius 2 is 2.17 bits per heavy atom. The minimum Gasteiger partial charge on any atom is -0.355 e. The molecule has 0 saturated heterocycles. The van der Waals surface area contributed by atoms with E-state index >= 15 is 0 Å². The van der Waals surface area contributed by atoms with Gasteiger partial charge in [0.05, 0.1) is 22.5 Å². The fourth-order valence-electron chi connectivity index (χ4n) is 1.68. The van der Waals surface area contributed by atoms with Gasteiger partial charge < -0.3 is 10.6 Å². The van der Waals surface area contributed by atoms with Crippen molar-refractivity contribution in [2.75, 3.05) is 6.54 Å². The van der Waals surface area contributed by atoms with Crippen molar-refractivity contribution in [1.29, 1.82) is 0 Å². The van der Waals surface area contributed by atoms with Crippen molar-refractivity contribution in [1.82, 2.24) is 20.4 Å². The Hall–Kier alpha value is -1.07. The third kappa shape index (κ3) is 3.46. The Bertz CT molecular complexity index is 416. The third-order valence-electron chi connectivity index (χ3n) is 2.82. The lowest BCUT2D eigenvalue weighted by atomic mass is 10.2. The van der Waals surface area contributed by atoms with Crippen molar-refractivity contribution in [3.05, 3.63) is 16.4 Å². The monoisotopic (exact) mass is 272 g/mol. The second kappa shape index (κ2) is 6.75. The highest BCUT2D eigenvalue weighted by Gasteiger charge is 2.16. The Balaban J connectivity index is 2.63. The fraction of sp³-hybridized carbons (Fsp3) is 0.667. The number of aromatic nitrogens is 2. The van der Waals surface area contributed by atoms with Crippen molar-refractivity contribution < 1.29 is 4.79 Å². The van der Waals surface area contributed by atoms with E-state index in [1.165, 1.54) is 0 Å². The van der Waals surface area contributed by atoms with Crippen molar-refractivity contribution in [2.45, 2.75) is 39.8 Å². The number of rotatable bonds is 6. The zero-order valence-electron chi connectivity index (χ0n) is 11.4. The molecule has 0 aliphatic carbocycles. The first kappa shape index (κ1) is 15.0. The van der Waals surface area contributed by atoms with Gasteiger partial charge in [-0.3, -0.25) is 9.48 Å². The normalized spacial score (nSPS) is 12.5. The molecule has 1 aromatic rings. The first-order valence-corrected chi connectivity index (χ1v) is 6.60. The van der Waals surface area contributed by atoms with Crippen LogP contribution in [-0.2, 0) is 24.8 Å². The molecule has 1 unspecified atom stereocenters. The van der Waals surface area contributed by atoms with E-state index < -0.39 is 0 Å². The van der Waals surface area contributed by atoms with E-state index in [1.54, 1.807) is 4.68 Å². The van der Waals surface area contributed by atoms with Crippen LogP contribution in [0, 0.1) is 0 Å². The Kier molecular flexibility index (Phi) is 5.62. The molecule has 0 spiro atoms. The molecule has 2 N–H and O–H groups in total. The second-order valence-corrected chi connectivity index (χ2v) is 4.56. The van der Waals surface area contributed by atoms with Crippen molar-refractivity contribution >= 4 is 17.5 Å². The van der Waals surface area contributed by atoms with Crippen LogP contribution in [0.4, 0.5) is 0 Å². The second-order valence-electron chi connectivity index (χ2n) is 4.18. The molecule has 1 rings (SSSR count). The lowest BCUT2D eigenvalue weighted by Crippen LogP contribution is -2.41. The van der Waals surface area contributed by atoms with Crippen molar-refractivity contribution in [3.8, 4) is 0 Å². The number of nitrogens with one attached hydrogen (secondary N) is 2. The molecule has 0 aromatic carbocycles. The van der Waals surface area contributed by atoms with Crippen LogP contribution in [0.2, 0.25) is 5.02 Å². The molecule has 0 bridgehead atoms. The van der Waals surface area contributed by atoms with Gasteiger partial charge in [0.2, 0.25) is 5.91 Å². The van der Waals surface area contributed by atoms with E-state index in [9.17, 15) is 4.79 Å². The maximum Gasteiger partial charge on any atom is 0.236 e. The SMILES string of the molecule is CCNC(=O)C(C)NCc1c(Cl)c(CC)nn1C. The molecule has 1 amide bonds. The van der Waals surface area contributed by atoms with Gasteiger partial charge in [-0.15, -0.1) is 0 Å². The summed E-state index contributed by atoms with van der Waals surface area (Å²) in [5.74, 6) is -0.00786. The summed E-state index contributed by atoms with van der Waals surface area (Å²) in [5, 5.41) is 10.9. The number of likely N-dealkylation sites (N-methyl/N-ethyl adjacent to an activating group) is 1. The summed E-state index contributed by atoms with van der Waals surface area (Å²) in [4.78, 5) is 11.6. The smallest absolute Gasteiger partial charge is 0.236 e. The van der Waals surface area contributed by atoms with Crippen LogP contribution >= 0.6 is 11.6 Å². The molecule has 0 aliphatic rings.